The van der Waals surface area contributed by atoms with Crippen LogP contribution in [0.4, 0.5) is 5.69 Å². The van der Waals surface area contributed by atoms with Gasteiger partial charge >= 0.3 is 0 Å². The molecule has 0 spiro atoms. The maximum Gasteiger partial charge on any atom is 0.171 e. The normalized spacial score (nSPS) is 11.8. The van der Waals surface area contributed by atoms with Crippen molar-refractivity contribution in [3.05, 3.63) is 65.2 Å². The van der Waals surface area contributed by atoms with Crippen molar-refractivity contribution in [3.8, 4) is 0 Å². The molecule has 0 heterocycles. The van der Waals surface area contributed by atoms with Crippen LogP contribution in [0.1, 0.15) is 36.1 Å². The number of thiocarbonyl (C=S) groups is 1. The van der Waals surface area contributed by atoms with E-state index in [1.807, 2.05) is 6.07 Å². The van der Waals surface area contributed by atoms with Crippen molar-refractivity contribution in [1.29, 1.82) is 0 Å². The minimum atomic E-state index is 0.233. The fraction of sp³-hybridized carbons (Fsp3) is 0.278. The minimum Gasteiger partial charge on any atom is -0.356 e. The molecule has 2 rings (SSSR count). The Bertz CT molecular complexity index is 608. The van der Waals surface area contributed by atoms with Gasteiger partial charge in [-0.15, -0.1) is 0 Å². The molecular formula is C18H22N2S. The highest BCUT2D eigenvalue weighted by atomic mass is 32.1. The first kappa shape index (κ1) is 15.5. The van der Waals surface area contributed by atoms with Gasteiger partial charge in [0.2, 0.25) is 0 Å². The summed E-state index contributed by atoms with van der Waals surface area (Å²) in [5.41, 5.74) is 4.77. The van der Waals surface area contributed by atoms with Gasteiger partial charge in [0.25, 0.3) is 0 Å². The summed E-state index contributed by atoms with van der Waals surface area (Å²) in [5, 5.41) is 7.35. The molecule has 0 aromatic heterocycles. The van der Waals surface area contributed by atoms with E-state index in [4.69, 9.17) is 12.2 Å². The average Bonchev–Trinajstić information content (AvgIpc) is 2.48. The van der Waals surface area contributed by atoms with Crippen LogP contribution in [-0.2, 0) is 0 Å². The standard InChI is InChI=1S/C18H22N2S/c1-4-16(15-8-6-5-7-9-15)19-18(21)20-17-11-10-13(2)12-14(17)3/h5-12,16H,4H2,1-3H3,(H2,19,20,21)/t16-/m0/s1. The van der Waals surface area contributed by atoms with Gasteiger partial charge in [0.1, 0.15) is 0 Å². The summed E-state index contributed by atoms with van der Waals surface area (Å²) >= 11 is 5.45. The van der Waals surface area contributed by atoms with Crippen LogP contribution in [0, 0.1) is 13.8 Å². The van der Waals surface area contributed by atoms with Crippen molar-refractivity contribution in [3.63, 3.8) is 0 Å². The molecule has 0 aliphatic heterocycles. The Morgan fingerprint density at radius 2 is 1.81 bits per heavy atom. The lowest BCUT2D eigenvalue weighted by molar-refractivity contribution is 0.629. The Morgan fingerprint density at radius 3 is 2.43 bits per heavy atom. The predicted octanol–water partition coefficient (Wildman–Crippen LogP) is 4.74. The number of nitrogens with one attached hydrogen (secondary N) is 2. The van der Waals surface area contributed by atoms with Crippen LogP contribution in [0.15, 0.2) is 48.5 Å². The maximum absolute atomic E-state index is 5.45. The highest BCUT2D eigenvalue weighted by Gasteiger charge is 2.10. The van der Waals surface area contributed by atoms with Crippen molar-refractivity contribution in [2.45, 2.75) is 33.2 Å². The molecule has 0 bridgehead atoms. The molecule has 0 fully saturated rings. The Balaban J connectivity index is 2.03. The van der Waals surface area contributed by atoms with Crippen LogP contribution >= 0.6 is 12.2 Å². The van der Waals surface area contributed by atoms with Gasteiger partial charge in [-0.25, -0.2) is 0 Å². The van der Waals surface area contributed by atoms with E-state index in [1.54, 1.807) is 0 Å². The molecule has 1 atom stereocenters. The monoisotopic (exact) mass is 298 g/mol. The lowest BCUT2D eigenvalue weighted by Gasteiger charge is -2.20. The van der Waals surface area contributed by atoms with E-state index in [1.165, 1.54) is 16.7 Å². The van der Waals surface area contributed by atoms with Gasteiger partial charge in [0.15, 0.2) is 5.11 Å². The SMILES string of the molecule is CC[C@H](NC(=S)Nc1ccc(C)cc1C)c1ccccc1. The van der Waals surface area contributed by atoms with Crippen LogP contribution in [0.25, 0.3) is 0 Å². The molecule has 2 nitrogen and oxygen atoms in total. The molecule has 0 saturated carbocycles. The van der Waals surface area contributed by atoms with E-state index < -0.39 is 0 Å². The average molecular weight is 298 g/mol. The third kappa shape index (κ3) is 4.30. The molecule has 0 amide bonds. The van der Waals surface area contributed by atoms with E-state index in [-0.39, 0.29) is 6.04 Å². The smallest absolute Gasteiger partial charge is 0.171 e. The number of hydrogen-bond donors (Lipinski definition) is 2. The molecule has 2 aromatic carbocycles. The molecule has 21 heavy (non-hydrogen) atoms. The van der Waals surface area contributed by atoms with Gasteiger partial charge < -0.3 is 10.6 Å². The van der Waals surface area contributed by atoms with E-state index in [0.29, 0.717) is 5.11 Å². The lowest BCUT2D eigenvalue weighted by atomic mass is 10.1. The minimum absolute atomic E-state index is 0.233. The van der Waals surface area contributed by atoms with Crippen LogP contribution < -0.4 is 10.6 Å². The van der Waals surface area contributed by atoms with E-state index in [2.05, 4.69) is 73.9 Å². The lowest BCUT2D eigenvalue weighted by Crippen LogP contribution is -2.32. The molecule has 2 N–H and O–H groups in total. The van der Waals surface area contributed by atoms with Crippen molar-refractivity contribution in [2.75, 3.05) is 5.32 Å². The molecule has 0 unspecified atom stereocenters. The first-order chi connectivity index (χ1) is 10.1. The van der Waals surface area contributed by atoms with Crippen molar-refractivity contribution in [1.82, 2.24) is 5.32 Å². The van der Waals surface area contributed by atoms with Crippen molar-refractivity contribution >= 4 is 23.0 Å². The van der Waals surface area contributed by atoms with E-state index >= 15 is 0 Å². The third-order valence-electron chi connectivity index (χ3n) is 3.55. The molecule has 0 aliphatic carbocycles. The van der Waals surface area contributed by atoms with E-state index in [9.17, 15) is 0 Å². The van der Waals surface area contributed by atoms with Gasteiger partial charge in [-0.1, -0.05) is 55.0 Å². The number of rotatable bonds is 4. The zero-order chi connectivity index (χ0) is 15.2. The fourth-order valence-electron chi connectivity index (χ4n) is 2.38. The fourth-order valence-corrected chi connectivity index (χ4v) is 2.63. The summed E-state index contributed by atoms with van der Waals surface area (Å²) in [7, 11) is 0. The zero-order valence-corrected chi connectivity index (χ0v) is 13.6. The third-order valence-corrected chi connectivity index (χ3v) is 3.77. The summed E-state index contributed by atoms with van der Waals surface area (Å²) in [6, 6.07) is 16.9. The van der Waals surface area contributed by atoms with Crippen molar-refractivity contribution < 1.29 is 0 Å². The predicted molar refractivity (Wildman–Crippen MR) is 94.7 cm³/mol. The summed E-state index contributed by atoms with van der Waals surface area (Å²) in [6.07, 6.45) is 0.985. The number of anilines is 1. The Labute approximate surface area is 132 Å². The van der Waals surface area contributed by atoms with Gasteiger partial charge in [0, 0.05) is 5.69 Å². The highest BCUT2D eigenvalue weighted by molar-refractivity contribution is 7.80. The van der Waals surface area contributed by atoms with Gasteiger partial charge in [0.05, 0.1) is 6.04 Å². The number of hydrogen-bond acceptors (Lipinski definition) is 1. The topological polar surface area (TPSA) is 24.1 Å². The largest absolute Gasteiger partial charge is 0.356 e. The first-order valence-corrected chi connectivity index (χ1v) is 7.70. The summed E-state index contributed by atoms with van der Waals surface area (Å²) in [5.74, 6) is 0. The molecule has 110 valence electrons. The van der Waals surface area contributed by atoms with Gasteiger partial charge in [-0.2, -0.15) is 0 Å². The Kier molecular flexibility index (Phi) is 5.34. The Hall–Kier alpha value is -1.87. The van der Waals surface area contributed by atoms with Crippen molar-refractivity contribution in [2.24, 2.45) is 0 Å². The zero-order valence-electron chi connectivity index (χ0n) is 12.8. The van der Waals surface area contributed by atoms with Crippen LogP contribution in [0.2, 0.25) is 0 Å². The maximum atomic E-state index is 5.45. The Morgan fingerprint density at radius 1 is 1.10 bits per heavy atom. The quantitative estimate of drug-likeness (QED) is 0.797. The molecule has 0 aliphatic rings. The second kappa shape index (κ2) is 7.23. The molecule has 2 aromatic rings. The van der Waals surface area contributed by atoms with Crippen LogP contribution in [-0.4, -0.2) is 5.11 Å². The number of benzene rings is 2. The van der Waals surface area contributed by atoms with Crippen LogP contribution in [0.5, 0.6) is 0 Å². The van der Waals surface area contributed by atoms with Gasteiger partial charge in [-0.05, 0) is 49.7 Å². The number of aryl methyl sites for hydroxylation is 2. The first-order valence-electron chi connectivity index (χ1n) is 7.30. The second-order valence-corrected chi connectivity index (χ2v) is 5.70. The van der Waals surface area contributed by atoms with Crippen LogP contribution in [0.3, 0.4) is 0 Å². The van der Waals surface area contributed by atoms with E-state index in [0.717, 1.165) is 12.1 Å². The molecular weight excluding hydrogens is 276 g/mol. The summed E-state index contributed by atoms with van der Waals surface area (Å²) < 4.78 is 0. The van der Waals surface area contributed by atoms with Gasteiger partial charge in [-0.3, -0.25) is 0 Å². The summed E-state index contributed by atoms with van der Waals surface area (Å²) in [4.78, 5) is 0. The molecule has 3 heteroatoms. The second-order valence-electron chi connectivity index (χ2n) is 5.29. The summed E-state index contributed by atoms with van der Waals surface area (Å²) in [6.45, 7) is 6.34. The molecule has 0 saturated heterocycles. The highest BCUT2D eigenvalue weighted by Crippen LogP contribution is 2.18. The molecule has 0 radical (unpaired) electrons.